The summed E-state index contributed by atoms with van der Waals surface area (Å²) < 4.78 is 5.82. The molecule has 4 aromatic rings. The van der Waals surface area contributed by atoms with E-state index in [0.717, 1.165) is 10.8 Å². The van der Waals surface area contributed by atoms with Gasteiger partial charge in [0.25, 0.3) is 0 Å². The highest BCUT2D eigenvalue weighted by Crippen LogP contribution is 2.37. The molecular weight excluding hydrogens is 304 g/mol. The Kier molecular flexibility index (Phi) is 3.17. The normalized spacial score (nSPS) is 11.0. The van der Waals surface area contributed by atoms with Crippen molar-refractivity contribution in [3.63, 3.8) is 0 Å². The van der Waals surface area contributed by atoms with Gasteiger partial charge < -0.3 is 20.1 Å². The Morgan fingerprint density at radius 1 is 0.583 bits per heavy atom. The Bertz CT molecular complexity index is 1070. The van der Waals surface area contributed by atoms with Gasteiger partial charge in [0.2, 0.25) is 0 Å². The van der Waals surface area contributed by atoms with Crippen LogP contribution in [0, 0.1) is 0 Å². The molecule has 0 aliphatic carbocycles. The molecule has 24 heavy (non-hydrogen) atoms. The SMILES string of the molecule is Oc1ccc2ccc(Oc3cc(O)c4cccc(O)c4c3)cc2c1. The van der Waals surface area contributed by atoms with Gasteiger partial charge in [0.15, 0.2) is 0 Å². The molecule has 0 heterocycles. The Hall–Kier alpha value is -3.40. The van der Waals surface area contributed by atoms with Gasteiger partial charge in [-0.2, -0.15) is 0 Å². The van der Waals surface area contributed by atoms with E-state index in [2.05, 4.69) is 0 Å². The van der Waals surface area contributed by atoms with Gasteiger partial charge in [0.1, 0.15) is 28.7 Å². The van der Waals surface area contributed by atoms with Crippen molar-refractivity contribution in [2.45, 2.75) is 0 Å². The van der Waals surface area contributed by atoms with Crippen molar-refractivity contribution in [3.05, 3.63) is 66.7 Å². The second-order valence-corrected chi connectivity index (χ2v) is 5.61. The highest BCUT2D eigenvalue weighted by atomic mass is 16.5. The molecule has 3 N–H and O–H groups in total. The van der Waals surface area contributed by atoms with Gasteiger partial charge in [0, 0.05) is 16.8 Å². The third kappa shape index (κ3) is 2.44. The van der Waals surface area contributed by atoms with Crippen LogP contribution in [0.5, 0.6) is 28.7 Å². The Morgan fingerprint density at radius 2 is 1.42 bits per heavy atom. The van der Waals surface area contributed by atoms with Crippen LogP contribution >= 0.6 is 0 Å². The number of hydrogen-bond donors (Lipinski definition) is 3. The number of fused-ring (bicyclic) bond motifs is 2. The van der Waals surface area contributed by atoms with Crippen LogP contribution in [0.15, 0.2) is 66.7 Å². The molecule has 0 bridgehead atoms. The van der Waals surface area contributed by atoms with Crippen molar-refractivity contribution in [2.75, 3.05) is 0 Å². The van der Waals surface area contributed by atoms with Crippen molar-refractivity contribution in [3.8, 4) is 28.7 Å². The first-order valence-electron chi connectivity index (χ1n) is 7.45. The van der Waals surface area contributed by atoms with Gasteiger partial charge in [-0.05, 0) is 47.2 Å². The van der Waals surface area contributed by atoms with Crippen molar-refractivity contribution >= 4 is 21.5 Å². The van der Waals surface area contributed by atoms with E-state index in [1.165, 1.54) is 6.07 Å². The van der Waals surface area contributed by atoms with Crippen molar-refractivity contribution in [1.82, 2.24) is 0 Å². The van der Waals surface area contributed by atoms with Crippen LogP contribution in [0.3, 0.4) is 0 Å². The van der Waals surface area contributed by atoms with Gasteiger partial charge in [-0.3, -0.25) is 0 Å². The first kappa shape index (κ1) is 14.2. The maximum atomic E-state index is 10.1. The molecule has 0 saturated carbocycles. The average Bonchev–Trinajstić information content (AvgIpc) is 2.55. The summed E-state index contributed by atoms with van der Waals surface area (Å²) in [5, 5.41) is 32.6. The number of hydrogen-bond acceptors (Lipinski definition) is 4. The van der Waals surface area contributed by atoms with E-state index in [4.69, 9.17) is 4.74 Å². The number of phenols is 3. The second kappa shape index (κ2) is 5.35. The van der Waals surface area contributed by atoms with E-state index in [-0.39, 0.29) is 17.2 Å². The standard InChI is InChI=1S/C20H14O4/c21-14-6-4-12-5-7-15(9-13(12)8-14)24-16-10-18-17(20(23)11-16)2-1-3-19(18)22/h1-11,21-23H. The Balaban J connectivity index is 1.77. The zero-order chi connectivity index (χ0) is 16.7. The maximum Gasteiger partial charge on any atom is 0.131 e. The molecule has 0 atom stereocenters. The van der Waals surface area contributed by atoms with Crippen LogP contribution < -0.4 is 4.74 Å². The molecule has 0 aromatic heterocycles. The summed E-state index contributed by atoms with van der Waals surface area (Å²) in [5.41, 5.74) is 0. The van der Waals surface area contributed by atoms with Crippen molar-refractivity contribution < 1.29 is 20.1 Å². The zero-order valence-corrected chi connectivity index (χ0v) is 12.6. The van der Waals surface area contributed by atoms with E-state index in [1.54, 1.807) is 42.5 Å². The zero-order valence-electron chi connectivity index (χ0n) is 12.6. The Morgan fingerprint density at radius 3 is 2.29 bits per heavy atom. The van der Waals surface area contributed by atoms with Gasteiger partial charge in [-0.15, -0.1) is 0 Å². The minimum absolute atomic E-state index is 0.0387. The molecule has 0 amide bonds. The lowest BCUT2D eigenvalue weighted by molar-refractivity contribution is 0.457. The maximum absolute atomic E-state index is 10.1. The summed E-state index contributed by atoms with van der Waals surface area (Å²) in [6.07, 6.45) is 0. The first-order chi connectivity index (χ1) is 11.6. The van der Waals surface area contributed by atoms with Crippen LogP contribution in [0.2, 0.25) is 0 Å². The van der Waals surface area contributed by atoms with Crippen LogP contribution in [-0.4, -0.2) is 15.3 Å². The molecule has 0 fully saturated rings. The average molecular weight is 318 g/mol. The molecule has 4 rings (SSSR count). The number of rotatable bonds is 2. The molecule has 0 aliphatic heterocycles. The smallest absolute Gasteiger partial charge is 0.131 e. The van der Waals surface area contributed by atoms with E-state index in [0.29, 0.717) is 22.3 Å². The molecule has 0 aliphatic rings. The van der Waals surface area contributed by atoms with Crippen molar-refractivity contribution in [2.24, 2.45) is 0 Å². The molecule has 4 heteroatoms. The summed E-state index contributed by atoms with van der Waals surface area (Å²) in [6.45, 7) is 0. The summed E-state index contributed by atoms with van der Waals surface area (Å²) in [6, 6.07) is 18.8. The largest absolute Gasteiger partial charge is 0.508 e. The molecule has 0 unspecified atom stereocenters. The van der Waals surface area contributed by atoms with Crippen LogP contribution in [-0.2, 0) is 0 Å². The lowest BCUT2D eigenvalue weighted by atomic mass is 10.1. The monoisotopic (exact) mass is 318 g/mol. The molecule has 118 valence electrons. The predicted octanol–water partition coefficient (Wildman–Crippen LogP) is 4.90. The fourth-order valence-corrected chi connectivity index (χ4v) is 2.80. The van der Waals surface area contributed by atoms with E-state index < -0.39 is 0 Å². The number of ether oxygens (including phenoxy) is 1. The van der Waals surface area contributed by atoms with E-state index in [1.807, 2.05) is 18.2 Å². The molecule has 0 saturated heterocycles. The van der Waals surface area contributed by atoms with Crippen LogP contribution in [0.25, 0.3) is 21.5 Å². The lowest BCUT2D eigenvalue weighted by Crippen LogP contribution is -1.86. The topological polar surface area (TPSA) is 69.9 Å². The predicted molar refractivity (Wildman–Crippen MR) is 93.0 cm³/mol. The highest BCUT2D eigenvalue weighted by Gasteiger charge is 2.08. The quantitative estimate of drug-likeness (QED) is 0.491. The second-order valence-electron chi connectivity index (χ2n) is 5.61. The van der Waals surface area contributed by atoms with Gasteiger partial charge in [0.05, 0.1) is 0 Å². The molecule has 4 nitrogen and oxygen atoms in total. The minimum Gasteiger partial charge on any atom is -0.508 e. The van der Waals surface area contributed by atoms with Gasteiger partial charge in [-0.25, -0.2) is 0 Å². The molecular formula is C20H14O4. The van der Waals surface area contributed by atoms with E-state index in [9.17, 15) is 15.3 Å². The number of benzene rings is 4. The summed E-state index contributed by atoms with van der Waals surface area (Å²) >= 11 is 0. The lowest BCUT2D eigenvalue weighted by Gasteiger charge is -2.10. The number of phenolic OH excluding ortho intramolecular Hbond substituents is 3. The molecule has 0 spiro atoms. The summed E-state index contributed by atoms with van der Waals surface area (Å²) in [5.74, 6) is 1.30. The molecule has 4 aromatic carbocycles. The third-order valence-corrected chi connectivity index (χ3v) is 3.96. The fourth-order valence-electron chi connectivity index (χ4n) is 2.80. The first-order valence-corrected chi connectivity index (χ1v) is 7.45. The van der Waals surface area contributed by atoms with Gasteiger partial charge in [-0.1, -0.05) is 24.3 Å². The molecule has 0 radical (unpaired) electrons. The van der Waals surface area contributed by atoms with Crippen LogP contribution in [0.1, 0.15) is 0 Å². The highest BCUT2D eigenvalue weighted by molar-refractivity contribution is 5.94. The Labute approximate surface area is 137 Å². The van der Waals surface area contributed by atoms with Crippen LogP contribution in [0.4, 0.5) is 0 Å². The van der Waals surface area contributed by atoms with Crippen molar-refractivity contribution in [1.29, 1.82) is 0 Å². The van der Waals surface area contributed by atoms with E-state index >= 15 is 0 Å². The summed E-state index contributed by atoms with van der Waals surface area (Å²) in [4.78, 5) is 0. The third-order valence-electron chi connectivity index (χ3n) is 3.96. The van der Waals surface area contributed by atoms with Gasteiger partial charge >= 0.3 is 0 Å². The minimum atomic E-state index is 0.0387. The number of aromatic hydroxyl groups is 3. The summed E-state index contributed by atoms with van der Waals surface area (Å²) in [7, 11) is 0. The fraction of sp³-hybridized carbons (Fsp3) is 0.